The first-order chi connectivity index (χ1) is 18.4. The van der Waals surface area contributed by atoms with Crippen LogP contribution in [0.25, 0.3) is 10.9 Å². The summed E-state index contributed by atoms with van der Waals surface area (Å²) < 4.78 is 36.2. The van der Waals surface area contributed by atoms with Gasteiger partial charge in [0.15, 0.2) is 0 Å². The number of carbonyl (C=O) groups excluding carboxylic acids is 1. The van der Waals surface area contributed by atoms with Crippen molar-refractivity contribution in [2.75, 3.05) is 19.6 Å². The first-order valence-corrected chi connectivity index (χ1v) is 14.2. The van der Waals surface area contributed by atoms with Gasteiger partial charge >= 0.3 is 0 Å². The fourth-order valence-electron chi connectivity index (χ4n) is 6.47. The van der Waals surface area contributed by atoms with E-state index in [0.29, 0.717) is 30.0 Å². The lowest BCUT2D eigenvalue weighted by Gasteiger charge is -2.34. The van der Waals surface area contributed by atoms with Crippen LogP contribution in [0.4, 0.5) is 8.78 Å². The molecule has 3 aliphatic rings. The summed E-state index contributed by atoms with van der Waals surface area (Å²) >= 11 is 0. The van der Waals surface area contributed by atoms with Crippen molar-refractivity contribution in [3.05, 3.63) is 47.5 Å². The van der Waals surface area contributed by atoms with Crippen LogP contribution in [-0.4, -0.2) is 51.4 Å². The van der Waals surface area contributed by atoms with Crippen LogP contribution in [0.15, 0.2) is 35.2 Å². The fourth-order valence-corrected chi connectivity index (χ4v) is 6.47. The normalized spacial score (nSPS) is 23.7. The molecule has 0 radical (unpaired) electrons. The Labute approximate surface area is 221 Å². The van der Waals surface area contributed by atoms with Crippen LogP contribution in [-0.2, 0) is 13.0 Å². The first kappa shape index (κ1) is 25.5. The molecule has 0 spiro atoms. The van der Waals surface area contributed by atoms with Gasteiger partial charge in [-0.3, -0.25) is 9.48 Å². The van der Waals surface area contributed by atoms with Gasteiger partial charge in [0.25, 0.3) is 11.8 Å². The molecule has 9 heteroatoms. The van der Waals surface area contributed by atoms with Crippen LogP contribution >= 0.6 is 0 Å². The third-order valence-corrected chi connectivity index (χ3v) is 8.97. The summed E-state index contributed by atoms with van der Waals surface area (Å²) in [7, 11) is 1.87. The lowest BCUT2D eigenvalue weighted by atomic mass is 9.83. The molecule has 204 valence electrons. The van der Waals surface area contributed by atoms with Crippen LogP contribution in [0.5, 0.6) is 0 Å². The SMILES string of the molecule is Cn1cc2c(C(=O)NC3CCC(CCN4CCC(c5nocc5C(F)(F)C5CC5)CC4)CC3)cccc2n1. The Morgan fingerprint density at radius 3 is 2.61 bits per heavy atom. The monoisotopic (exact) mass is 525 g/mol. The summed E-state index contributed by atoms with van der Waals surface area (Å²) in [5, 5.41) is 12.6. The molecule has 3 aromatic rings. The zero-order chi connectivity index (χ0) is 26.3. The highest BCUT2D eigenvalue weighted by Crippen LogP contribution is 2.51. The van der Waals surface area contributed by atoms with E-state index in [1.807, 2.05) is 31.4 Å². The Bertz CT molecular complexity index is 1270. The summed E-state index contributed by atoms with van der Waals surface area (Å²) in [5.74, 6) is -2.64. The van der Waals surface area contributed by atoms with Crippen molar-refractivity contribution >= 4 is 16.8 Å². The van der Waals surface area contributed by atoms with Crippen molar-refractivity contribution in [2.45, 2.75) is 75.7 Å². The number of likely N-dealkylation sites (tertiary alicyclic amines) is 1. The van der Waals surface area contributed by atoms with E-state index in [9.17, 15) is 13.6 Å². The fraction of sp³-hybridized carbons (Fsp3) is 0.621. The minimum absolute atomic E-state index is 0.0138. The van der Waals surface area contributed by atoms with Gasteiger partial charge in [0, 0.05) is 36.5 Å². The molecule has 6 rings (SSSR count). The standard InChI is InChI=1S/C29H37F2N5O2/c1-35-17-24-23(3-2-4-26(24)33-35)28(37)32-22-9-5-19(6-10-22)11-14-36-15-12-20(13-16-36)27-25(18-38-34-27)29(30,31)21-7-8-21/h2-4,17-22H,5-16H2,1H3,(H,32,37). The number of nitrogens with one attached hydrogen (secondary N) is 1. The number of carbonyl (C=O) groups is 1. The third kappa shape index (κ3) is 5.22. The van der Waals surface area contributed by atoms with E-state index < -0.39 is 11.8 Å². The van der Waals surface area contributed by atoms with E-state index >= 15 is 0 Å². The quantitative estimate of drug-likeness (QED) is 0.413. The summed E-state index contributed by atoms with van der Waals surface area (Å²) in [6.45, 7) is 2.87. The van der Waals surface area contributed by atoms with Gasteiger partial charge < -0.3 is 14.7 Å². The van der Waals surface area contributed by atoms with E-state index in [1.54, 1.807) is 4.68 Å². The van der Waals surface area contributed by atoms with Gasteiger partial charge in [-0.1, -0.05) is 11.2 Å². The largest absolute Gasteiger partial charge is 0.364 e. The number of halogens is 2. The maximum atomic E-state index is 14.7. The molecule has 1 amide bonds. The molecule has 2 aromatic heterocycles. The van der Waals surface area contributed by atoms with Gasteiger partial charge in [-0.05, 0) is 95.5 Å². The highest BCUT2D eigenvalue weighted by molar-refractivity contribution is 6.06. The number of nitrogens with zero attached hydrogens (tertiary/aromatic N) is 4. The maximum Gasteiger partial charge on any atom is 0.280 e. The van der Waals surface area contributed by atoms with Gasteiger partial charge in [-0.25, -0.2) is 8.78 Å². The van der Waals surface area contributed by atoms with E-state index in [4.69, 9.17) is 4.52 Å². The predicted molar refractivity (Wildman–Crippen MR) is 140 cm³/mol. The molecule has 2 aliphatic carbocycles. The molecule has 1 N–H and O–H groups in total. The number of rotatable bonds is 8. The average Bonchev–Trinajstić information content (AvgIpc) is 3.54. The van der Waals surface area contributed by atoms with Crippen molar-refractivity contribution in [3.63, 3.8) is 0 Å². The molecule has 0 bridgehead atoms. The van der Waals surface area contributed by atoms with Crippen molar-refractivity contribution in [3.8, 4) is 0 Å². The van der Waals surface area contributed by atoms with Crippen molar-refractivity contribution < 1.29 is 18.1 Å². The van der Waals surface area contributed by atoms with Gasteiger partial charge in [0.05, 0.1) is 22.3 Å². The number of hydrogen-bond donors (Lipinski definition) is 1. The van der Waals surface area contributed by atoms with Crippen molar-refractivity contribution in [2.24, 2.45) is 18.9 Å². The molecular formula is C29H37F2N5O2. The van der Waals surface area contributed by atoms with Crippen LogP contribution < -0.4 is 5.32 Å². The number of piperidine rings is 1. The molecule has 38 heavy (non-hydrogen) atoms. The molecule has 3 fully saturated rings. The van der Waals surface area contributed by atoms with Crippen LogP contribution in [0, 0.1) is 11.8 Å². The predicted octanol–water partition coefficient (Wildman–Crippen LogP) is 5.62. The van der Waals surface area contributed by atoms with Gasteiger partial charge in [0.1, 0.15) is 6.26 Å². The van der Waals surface area contributed by atoms with Crippen LogP contribution in [0.2, 0.25) is 0 Å². The first-order valence-electron chi connectivity index (χ1n) is 14.2. The van der Waals surface area contributed by atoms with Gasteiger partial charge in [0.2, 0.25) is 0 Å². The Balaban J connectivity index is 0.938. The minimum atomic E-state index is -2.81. The van der Waals surface area contributed by atoms with E-state index in [2.05, 4.69) is 20.5 Å². The summed E-state index contributed by atoms with van der Waals surface area (Å²) in [4.78, 5) is 15.4. The molecule has 0 unspecified atom stereocenters. The molecule has 0 atom stereocenters. The topological polar surface area (TPSA) is 76.2 Å². The maximum absolute atomic E-state index is 14.7. The Hall–Kier alpha value is -2.81. The summed E-state index contributed by atoms with van der Waals surface area (Å²) in [5.41, 5.74) is 2.04. The zero-order valence-corrected chi connectivity index (χ0v) is 22.0. The average molecular weight is 526 g/mol. The van der Waals surface area contributed by atoms with E-state index in [0.717, 1.165) is 75.5 Å². The van der Waals surface area contributed by atoms with Gasteiger partial charge in [-0.2, -0.15) is 5.10 Å². The lowest BCUT2D eigenvalue weighted by molar-refractivity contribution is -0.0303. The molecular weight excluding hydrogens is 488 g/mol. The number of aryl methyl sites for hydroxylation is 1. The summed E-state index contributed by atoms with van der Waals surface area (Å²) in [6, 6.07) is 5.90. The second kappa shape index (κ2) is 10.4. The smallest absolute Gasteiger partial charge is 0.280 e. The Kier molecular flexibility index (Phi) is 6.97. The second-order valence-corrected chi connectivity index (χ2v) is 11.6. The van der Waals surface area contributed by atoms with Crippen LogP contribution in [0.3, 0.4) is 0 Å². The molecule has 1 aromatic carbocycles. The highest BCUT2D eigenvalue weighted by atomic mass is 19.3. The molecule has 1 aliphatic heterocycles. The number of amides is 1. The van der Waals surface area contributed by atoms with Crippen LogP contribution in [0.1, 0.15) is 85.3 Å². The Morgan fingerprint density at radius 2 is 1.87 bits per heavy atom. The molecule has 3 heterocycles. The zero-order valence-electron chi connectivity index (χ0n) is 22.0. The molecule has 7 nitrogen and oxygen atoms in total. The second-order valence-electron chi connectivity index (χ2n) is 11.6. The van der Waals surface area contributed by atoms with Crippen molar-refractivity contribution in [1.82, 2.24) is 25.2 Å². The lowest BCUT2D eigenvalue weighted by Crippen LogP contribution is -2.39. The third-order valence-electron chi connectivity index (χ3n) is 8.97. The Morgan fingerprint density at radius 1 is 1.11 bits per heavy atom. The van der Waals surface area contributed by atoms with E-state index in [-0.39, 0.29) is 23.4 Å². The highest BCUT2D eigenvalue weighted by Gasteiger charge is 2.51. The number of alkyl halides is 2. The molecule has 1 saturated heterocycles. The van der Waals surface area contributed by atoms with E-state index in [1.165, 1.54) is 6.26 Å². The van der Waals surface area contributed by atoms with Gasteiger partial charge in [-0.15, -0.1) is 0 Å². The molecule has 2 saturated carbocycles. The number of benzene rings is 1. The number of hydrogen-bond acceptors (Lipinski definition) is 5. The summed E-state index contributed by atoms with van der Waals surface area (Å²) in [6.07, 6.45) is 11.4. The minimum Gasteiger partial charge on any atom is -0.364 e. The number of aromatic nitrogens is 3. The van der Waals surface area contributed by atoms with Crippen molar-refractivity contribution in [1.29, 1.82) is 0 Å². The number of fused-ring (bicyclic) bond motifs is 1.